The summed E-state index contributed by atoms with van der Waals surface area (Å²) in [6.45, 7) is 0.184. The van der Waals surface area contributed by atoms with Crippen LogP contribution in [0.2, 0.25) is 0 Å². The summed E-state index contributed by atoms with van der Waals surface area (Å²) in [4.78, 5) is 14.9. The van der Waals surface area contributed by atoms with Crippen molar-refractivity contribution in [2.24, 2.45) is 0 Å². The second kappa shape index (κ2) is 7.83. The van der Waals surface area contributed by atoms with Gasteiger partial charge in [0, 0.05) is 12.1 Å². The van der Waals surface area contributed by atoms with Crippen LogP contribution in [0.25, 0.3) is 0 Å². The van der Waals surface area contributed by atoms with Gasteiger partial charge in [-0.15, -0.1) is 0 Å². The predicted octanol–water partition coefficient (Wildman–Crippen LogP) is 3.32. The quantitative estimate of drug-likeness (QED) is 0.739. The Morgan fingerprint density at radius 3 is 2.71 bits per heavy atom. The Labute approximate surface area is 138 Å². The number of nitrogens with zero attached hydrogens (tertiary/aromatic N) is 1. The third-order valence-corrected chi connectivity index (χ3v) is 4.12. The predicted molar refractivity (Wildman–Crippen MR) is 78.8 cm³/mol. The number of aromatic nitrogens is 1. The summed E-state index contributed by atoms with van der Waals surface area (Å²) in [6.07, 6.45) is -0.941. The van der Waals surface area contributed by atoms with Crippen LogP contribution in [-0.4, -0.2) is 37.9 Å². The first-order chi connectivity index (χ1) is 11.4. The fraction of sp³-hybridized carbons (Fsp3) is 0.625. The lowest BCUT2D eigenvalue weighted by molar-refractivity contribution is -0.142. The van der Waals surface area contributed by atoms with Crippen LogP contribution in [0.5, 0.6) is 5.88 Å². The smallest absolute Gasteiger partial charge is 0.421 e. The molecule has 1 aliphatic carbocycles. The van der Waals surface area contributed by atoms with Gasteiger partial charge in [-0.3, -0.25) is 4.79 Å². The third kappa shape index (κ3) is 4.37. The largest absolute Gasteiger partial charge is 0.481 e. The van der Waals surface area contributed by atoms with Crippen LogP contribution >= 0.6 is 0 Å². The van der Waals surface area contributed by atoms with Gasteiger partial charge in [0.25, 0.3) is 0 Å². The van der Waals surface area contributed by atoms with E-state index in [0.29, 0.717) is 12.0 Å². The molecule has 8 heteroatoms. The molecular weight excluding hydrogens is 327 g/mol. The van der Waals surface area contributed by atoms with Crippen molar-refractivity contribution in [3.05, 3.63) is 23.4 Å². The van der Waals surface area contributed by atoms with E-state index in [1.807, 2.05) is 0 Å². The number of methoxy groups -OCH3 is 2. The Hall–Kier alpha value is -1.83. The zero-order valence-electron chi connectivity index (χ0n) is 13.6. The van der Waals surface area contributed by atoms with Gasteiger partial charge in [0.15, 0.2) is 0 Å². The first kappa shape index (κ1) is 18.5. The molecule has 0 N–H and O–H groups in total. The SMILES string of the molecule is COC(=O)CCO[C@@H]1CCCC1c1cnc(OC)c(C(F)(F)F)c1. The van der Waals surface area contributed by atoms with Crippen molar-refractivity contribution < 1.29 is 32.2 Å². The van der Waals surface area contributed by atoms with E-state index < -0.39 is 17.6 Å². The molecule has 1 saturated carbocycles. The van der Waals surface area contributed by atoms with Crippen LogP contribution in [0, 0.1) is 0 Å². The zero-order valence-corrected chi connectivity index (χ0v) is 13.6. The van der Waals surface area contributed by atoms with Crippen molar-refractivity contribution in [1.29, 1.82) is 0 Å². The Balaban J connectivity index is 2.13. The van der Waals surface area contributed by atoms with Crippen molar-refractivity contribution in [2.45, 2.75) is 43.9 Å². The second-order valence-corrected chi connectivity index (χ2v) is 5.60. The molecule has 1 heterocycles. The highest BCUT2D eigenvalue weighted by atomic mass is 19.4. The summed E-state index contributed by atoms with van der Waals surface area (Å²) in [5.41, 5.74) is -0.411. The van der Waals surface area contributed by atoms with Crippen molar-refractivity contribution in [3.8, 4) is 5.88 Å². The molecule has 0 radical (unpaired) electrons. The molecule has 2 atom stereocenters. The average molecular weight is 347 g/mol. The molecule has 1 unspecified atom stereocenters. The minimum absolute atomic E-state index is 0.119. The first-order valence-electron chi connectivity index (χ1n) is 7.66. The minimum atomic E-state index is -4.53. The van der Waals surface area contributed by atoms with Crippen LogP contribution in [0.3, 0.4) is 0 Å². The van der Waals surface area contributed by atoms with Gasteiger partial charge in [0.2, 0.25) is 5.88 Å². The molecule has 2 rings (SSSR count). The van der Waals surface area contributed by atoms with Crippen LogP contribution in [-0.2, 0) is 20.4 Å². The molecule has 0 bridgehead atoms. The molecule has 0 aliphatic heterocycles. The molecule has 134 valence electrons. The molecule has 0 amide bonds. The maximum Gasteiger partial charge on any atom is 0.421 e. The second-order valence-electron chi connectivity index (χ2n) is 5.60. The molecule has 5 nitrogen and oxygen atoms in total. The maximum absolute atomic E-state index is 13.1. The van der Waals surface area contributed by atoms with Gasteiger partial charge in [0.1, 0.15) is 5.56 Å². The van der Waals surface area contributed by atoms with Gasteiger partial charge in [-0.1, -0.05) is 6.42 Å². The third-order valence-electron chi connectivity index (χ3n) is 4.12. The Morgan fingerprint density at radius 2 is 2.08 bits per heavy atom. The van der Waals surface area contributed by atoms with Gasteiger partial charge in [-0.25, -0.2) is 4.98 Å². The highest BCUT2D eigenvalue weighted by Crippen LogP contribution is 2.41. The van der Waals surface area contributed by atoms with Gasteiger partial charge < -0.3 is 14.2 Å². The fourth-order valence-electron chi connectivity index (χ4n) is 2.94. The number of rotatable bonds is 6. The van der Waals surface area contributed by atoms with Crippen LogP contribution in [0.15, 0.2) is 12.3 Å². The summed E-state index contributed by atoms with van der Waals surface area (Å²) in [5.74, 6) is -0.996. The fourth-order valence-corrected chi connectivity index (χ4v) is 2.94. The Bertz CT molecular complexity index is 577. The Morgan fingerprint density at radius 1 is 1.33 bits per heavy atom. The number of alkyl halides is 3. The molecule has 1 aliphatic rings. The molecule has 1 aromatic heterocycles. The molecule has 0 aromatic carbocycles. The molecule has 24 heavy (non-hydrogen) atoms. The van der Waals surface area contributed by atoms with E-state index in [9.17, 15) is 18.0 Å². The van der Waals surface area contributed by atoms with E-state index in [-0.39, 0.29) is 31.0 Å². The van der Waals surface area contributed by atoms with E-state index in [2.05, 4.69) is 9.72 Å². The number of pyridine rings is 1. The van der Waals surface area contributed by atoms with Gasteiger partial charge in [-0.2, -0.15) is 13.2 Å². The highest BCUT2D eigenvalue weighted by Gasteiger charge is 2.37. The number of hydrogen-bond donors (Lipinski definition) is 0. The molecule has 1 fully saturated rings. The standard InChI is InChI=1S/C16H20F3NO4/c1-22-14(21)6-7-24-13-5-3-4-11(13)10-8-12(16(17,18)19)15(23-2)20-9-10/h8-9,11,13H,3-7H2,1-2H3/t11?,13-/m1/s1. The van der Waals surface area contributed by atoms with E-state index in [4.69, 9.17) is 9.47 Å². The van der Waals surface area contributed by atoms with E-state index in [0.717, 1.165) is 26.0 Å². The van der Waals surface area contributed by atoms with E-state index in [1.165, 1.54) is 13.3 Å². The van der Waals surface area contributed by atoms with Gasteiger partial charge >= 0.3 is 12.1 Å². The molecular formula is C16H20F3NO4. The van der Waals surface area contributed by atoms with Crippen molar-refractivity contribution in [3.63, 3.8) is 0 Å². The molecule has 0 spiro atoms. The lowest BCUT2D eigenvalue weighted by atomic mass is 9.96. The molecule has 0 saturated heterocycles. The summed E-state index contributed by atoms with van der Waals surface area (Å²) in [5, 5.41) is 0. The van der Waals surface area contributed by atoms with E-state index >= 15 is 0 Å². The van der Waals surface area contributed by atoms with Crippen molar-refractivity contribution >= 4 is 5.97 Å². The summed E-state index contributed by atoms with van der Waals surface area (Å²) in [6, 6.07) is 1.08. The minimum Gasteiger partial charge on any atom is -0.481 e. The maximum atomic E-state index is 13.1. The monoisotopic (exact) mass is 347 g/mol. The number of carbonyl (C=O) groups excluding carboxylic acids is 1. The van der Waals surface area contributed by atoms with Crippen molar-refractivity contribution in [1.82, 2.24) is 4.98 Å². The number of esters is 1. The highest BCUT2D eigenvalue weighted by molar-refractivity contribution is 5.69. The lowest BCUT2D eigenvalue weighted by Crippen LogP contribution is -2.20. The number of halogens is 3. The summed E-state index contributed by atoms with van der Waals surface area (Å²) in [7, 11) is 2.45. The normalized spacial score (nSPS) is 20.9. The number of carbonyl (C=O) groups is 1. The van der Waals surface area contributed by atoms with E-state index in [1.54, 1.807) is 0 Å². The summed E-state index contributed by atoms with van der Waals surface area (Å²) >= 11 is 0. The number of hydrogen-bond acceptors (Lipinski definition) is 5. The zero-order chi connectivity index (χ0) is 17.7. The van der Waals surface area contributed by atoms with Crippen molar-refractivity contribution in [2.75, 3.05) is 20.8 Å². The first-order valence-corrected chi connectivity index (χ1v) is 7.66. The van der Waals surface area contributed by atoms with Crippen LogP contribution < -0.4 is 4.74 Å². The van der Waals surface area contributed by atoms with Gasteiger partial charge in [-0.05, 0) is 24.5 Å². The van der Waals surface area contributed by atoms with Crippen LogP contribution in [0.1, 0.15) is 42.7 Å². The number of ether oxygens (including phenoxy) is 3. The Kier molecular flexibility index (Phi) is 6.04. The van der Waals surface area contributed by atoms with Crippen LogP contribution in [0.4, 0.5) is 13.2 Å². The topological polar surface area (TPSA) is 57.7 Å². The average Bonchev–Trinajstić information content (AvgIpc) is 3.01. The lowest BCUT2D eigenvalue weighted by Gasteiger charge is -2.21. The van der Waals surface area contributed by atoms with Gasteiger partial charge in [0.05, 0.1) is 33.4 Å². The summed E-state index contributed by atoms with van der Waals surface area (Å²) < 4.78 is 54.3. The molecule has 1 aromatic rings.